The van der Waals surface area contributed by atoms with Crippen LogP contribution in [-0.4, -0.2) is 85.9 Å². The summed E-state index contributed by atoms with van der Waals surface area (Å²) in [6, 6.07) is 38.9. The lowest BCUT2D eigenvalue weighted by atomic mass is 9.79. The van der Waals surface area contributed by atoms with E-state index in [4.69, 9.17) is 37.9 Å². The van der Waals surface area contributed by atoms with Gasteiger partial charge in [0.2, 0.25) is 5.91 Å². The van der Waals surface area contributed by atoms with Crippen LogP contribution in [0.5, 0.6) is 0 Å². The molecule has 1 aliphatic carbocycles. The highest BCUT2D eigenvalue weighted by Gasteiger charge is 2.54. The number of benzene rings is 4. The molecule has 2 aliphatic heterocycles. The van der Waals surface area contributed by atoms with Crippen LogP contribution in [0.15, 0.2) is 121 Å². The van der Waals surface area contributed by atoms with Crippen molar-refractivity contribution in [3.8, 4) is 0 Å². The van der Waals surface area contributed by atoms with Crippen LogP contribution in [0.25, 0.3) is 0 Å². The third-order valence-corrected chi connectivity index (χ3v) is 11.9. The van der Waals surface area contributed by atoms with Gasteiger partial charge in [-0.3, -0.25) is 4.79 Å². The zero-order chi connectivity index (χ0) is 42.9. The fraction of sp³-hybridized carbons (Fsp3) is 0.510. The van der Waals surface area contributed by atoms with Gasteiger partial charge < -0.3 is 48.3 Å². The van der Waals surface area contributed by atoms with Gasteiger partial charge >= 0.3 is 0 Å². The highest BCUT2D eigenvalue weighted by Crippen LogP contribution is 2.41. The molecule has 334 valence electrons. The Kier molecular flexibility index (Phi) is 17.9. The number of nitrogens with one attached hydrogen (secondary N) is 1. The van der Waals surface area contributed by atoms with Gasteiger partial charge in [0.15, 0.2) is 12.6 Å². The smallest absolute Gasteiger partial charge is 0.217 e. The Morgan fingerprint density at radius 3 is 1.90 bits per heavy atom. The summed E-state index contributed by atoms with van der Waals surface area (Å²) in [6.07, 6.45) is 0.238. The van der Waals surface area contributed by atoms with Crippen LogP contribution in [-0.2, 0) is 62.5 Å². The molecule has 2 N–H and O–H groups in total. The van der Waals surface area contributed by atoms with Crippen LogP contribution in [0.2, 0.25) is 0 Å². The molecule has 62 heavy (non-hydrogen) atoms. The number of carbonyl (C=O) groups is 1. The Labute approximate surface area is 367 Å². The minimum atomic E-state index is -1.10. The maximum atomic E-state index is 13.0. The topological polar surface area (TPSA) is 123 Å². The molecule has 11 nitrogen and oxygen atoms in total. The number of hydrogen-bond acceptors (Lipinski definition) is 10. The summed E-state index contributed by atoms with van der Waals surface area (Å²) in [7, 11) is 0. The van der Waals surface area contributed by atoms with Gasteiger partial charge in [-0.15, -0.1) is 0 Å². The maximum absolute atomic E-state index is 13.0. The summed E-state index contributed by atoms with van der Waals surface area (Å²) in [5.41, 5.74) is 3.85. The molecule has 0 unspecified atom stereocenters. The summed E-state index contributed by atoms with van der Waals surface area (Å²) in [4.78, 5) is 13.0. The standard InChI is InChI=1S/C51H65NO10/c1-3-4-5-6-7-20-29-56-51-44(52-36(2)53)48(57-32-38-23-14-9-15-24-38)47(43(61-51)35-55-31-37-21-12-8-13-22-37)60-42-30-41-34-59-50(40-27-18-11-19-28-40)62-46(41)49(45(42)54)58-33-39-25-16-10-17-26-39/h8-19,21-28,41-51,54H,3-7,20,29-35H2,1-2H3,(H,52,53)/t41-,42+,43-,44-,45-,46-,47-,48-,49-,50-,51-/m1/s1. The van der Waals surface area contributed by atoms with E-state index in [0.717, 1.165) is 41.5 Å². The first-order chi connectivity index (χ1) is 30.5. The SMILES string of the molecule is CCCCCCCCO[C@@H]1O[C@H](COCc2ccccc2)[C@@H](O[C@H]2C[C@@H]3CO[C@@H](c4ccccc4)O[C@H]3[C@H](OCc3ccccc3)[C@@H]2O)[C@H](OCc2ccccc2)[C@H]1NC(C)=O. The molecule has 3 aliphatic rings. The zero-order valence-corrected chi connectivity index (χ0v) is 36.2. The van der Waals surface area contributed by atoms with Crippen molar-refractivity contribution in [1.82, 2.24) is 5.32 Å². The van der Waals surface area contributed by atoms with E-state index < -0.39 is 61.3 Å². The molecular weight excluding hydrogens is 787 g/mol. The van der Waals surface area contributed by atoms with Crippen molar-refractivity contribution < 1.29 is 47.8 Å². The predicted molar refractivity (Wildman–Crippen MR) is 235 cm³/mol. The van der Waals surface area contributed by atoms with Crippen LogP contribution in [0, 0.1) is 5.92 Å². The monoisotopic (exact) mass is 851 g/mol. The molecule has 0 bridgehead atoms. The molecule has 2 heterocycles. The summed E-state index contributed by atoms with van der Waals surface area (Å²) in [5, 5.41) is 15.6. The lowest BCUT2D eigenvalue weighted by Crippen LogP contribution is -2.68. The molecule has 7 rings (SSSR count). The van der Waals surface area contributed by atoms with E-state index in [-0.39, 0.29) is 31.6 Å². The second-order valence-corrected chi connectivity index (χ2v) is 16.7. The molecule has 2 saturated heterocycles. The average molecular weight is 852 g/mol. The van der Waals surface area contributed by atoms with Gasteiger partial charge in [-0.25, -0.2) is 0 Å². The zero-order valence-electron chi connectivity index (χ0n) is 36.2. The lowest BCUT2D eigenvalue weighted by Gasteiger charge is -2.51. The van der Waals surface area contributed by atoms with Gasteiger partial charge in [0.25, 0.3) is 0 Å². The molecule has 0 spiro atoms. The quantitative estimate of drug-likeness (QED) is 0.0748. The number of hydrogen-bond donors (Lipinski definition) is 2. The number of fused-ring (bicyclic) bond motifs is 1. The van der Waals surface area contributed by atoms with E-state index >= 15 is 0 Å². The van der Waals surface area contributed by atoms with E-state index in [1.807, 2.05) is 121 Å². The third-order valence-electron chi connectivity index (χ3n) is 11.9. The normalized spacial score (nSPS) is 28.5. The Morgan fingerprint density at radius 2 is 1.27 bits per heavy atom. The van der Waals surface area contributed by atoms with Crippen molar-refractivity contribution in [1.29, 1.82) is 0 Å². The Balaban J connectivity index is 1.17. The highest BCUT2D eigenvalue weighted by atomic mass is 16.7. The predicted octanol–water partition coefficient (Wildman–Crippen LogP) is 8.23. The summed E-state index contributed by atoms with van der Waals surface area (Å²) in [6.45, 7) is 5.53. The van der Waals surface area contributed by atoms with Crippen molar-refractivity contribution in [2.45, 2.75) is 140 Å². The first kappa shape index (κ1) is 46.0. The van der Waals surface area contributed by atoms with Gasteiger partial charge in [0, 0.05) is 25.0 Å². The van der Waals surface area contributed by atoms with Crippen molar-refractivity contribution in [2.75, 3.05) is 19.8 Å². The first-order valence-electron chi connectivity index (χ1n) is 22.6. The lowest BCUT2D eigenvalue weighted by molar-refractivity contribution is -0.325. The Morgan fingerprint density at radius 1 is 0.694 bits per heavy atom. The van der Waals surface area contributed by atoms with Crippen molar-refractivity contribution in [3.05, 3.63) is 144 Å². The fourth-order valence-electron chi connectivity index (χ4n) is 8.72. The Bertz CT molecular complexity index is 1860. The second kappa shape index (κ2) is 24.2. The summed E-state index contributed by atoms with van der Waals surface area (Å²) < 4.78 is 53.4. The molecule has 1 saturated carbocycles. The molecule has 3 fully saturated rings. The number of rotatable bonds is 22. The molecule has 11 atom stereocenters. The number of unbranched alkanes of at least 4 members (excludes halogenated alkanes) is 5. The van der Waals surface area contributed by atoms with E-state index in [0.29, 0.717) is 26.2 Å². The van der Waals surface area contributed by atoms with Crippen LogP contribution in [0.4, 0.5) is 0 Å². The minimum Gasteiger partial charge on any atom is -0.388 e. The summed E-state index contributed by atoms with van der Waals surface area (Å²) >= 11 is 0. The largest absolute Gasteiger partial charge is 0.388 e. The van der Waals surface area contributed by atoms with Gasteiger partial charge in [-0.05, 0) is 29.5 Å². The summed E-state index contributed by atoms with van der Waals surface area (Å²) in [5.74, 6) is -0.415. The second-order valence-electron chi connectivity index (χ2n) is 16.7. The molecule has 4 aromatic rings. The van der Waals surface area contributed by atoms with Crippen molar-refractivity contribution >= 4 is 5.91 Å². The Hall–Kier alpha value is -4.01. The van der Waals surface area contributed by atoms with E-state index in [9.17, 15) is 9.90 Å². The minimum absolute atomic E-state index is 0.141. The van der Waals surface area contributed by atoms with Crippen molar-refractivity contribution in [3.63, 3.8) is 0 Å². The number of ether oxygens (including phenoxy) is 8. The highest BCUT2D eigenvalue weighted by molar-refractivity contribution is 5.73. The van der Waals surface area contributed by atoms with Crippen LogP contribution in [0.1, 0.15) is 87.3 Å². The fourth-order valence-corrected chi connectivity index (χ4v) is 8.72. The van der Waals surface area contributed by atoms with Crippen LogP contribution >= 0.6 is 0 Å². The van der Waals surface area contributed by atoms with Gasteiger partial charge in [0.1, 0.15) is 36.6 Å². The third kappa shape index (κ3) is 13.0. The first-order valence-corrected chi connectivity index (χ1v) is 22.6. The number of aliphatic hydroxyl groups excluding tert-OH is 1. The molecule has 4 aromatic carbocycles. The van der Waals surface area contributed by atoms with E-state index in [1.165, 1.54) is 26.2 Å². The van der Waals surface area contributed by atoms with E-state index in [1.54, 1.807) is 0 Å². The average Bonchev–Trinajstić information content (AvgIpc) is 3.30. The maximum Gasteiger partial charge on any atom is 0.217 e. The number of amides is 1. The van der Waals surface area contributed by atoms with Crippen LogP contribution < -0.4 is 5.32 Å². The molecule has 0 radical (unpaired) electrons. The van der Waals surface area contributed by atoms with Gasteiger partial charge in [-0.1, -0.05) is 160 Å². The van der Waals surface area contributed by atoms with Gasteiger partial charge in [-0.2, -0.15) is 0 Å². The number of aliphatic hydroxyl groups is 1. The molecule has 0 aromatic heterocycles. The van der Waals surface area contributed by atoms with Crippen molar-refractivity contribution in [2.24, 2.45) is 5.92 Å². The van der Waals surface area contributed by atoms with E-state index in [2.05, 4.69) is 12.2 Å². The number of carbonyl (C=O) groups excluding carboxylic acids is 1. The van der Waals surface area contributed by atoms with Gasteiger partial charge in [0.05, 0.1) is 45.2 Å². The molecule has 11 heteroatoms. The molecule has 1 amide bonds. The van der Waals surface area contributed by atoms with Crippen LogP contribution in [0.3, 0.4) is 0 Å². The molecular formula is C51H65NO10.